The van der Waals surface area contributed by atoms with Gasteiger partial charge in [-0.2, -0.15) is 0 Å². The van der Waals surface area contributed by atoms with Crippen LogP contribution in [0, 0.1) is 56.7 Å². The van der Waals surface area contributed by atoms with Gasteiger partial charge in [0.2, 0.25) is 0 Å². The Morgan fingerprint density at radius 1 is 1.00 bits per heavy atom. The number of Topliss-reactive ketones (excluding diaryl/α,β-unsaturated/α-hetero) is 1. The summed E-state index contributed by atoms with van der Waals surface area (Å²) in [7, 11) is 2.42. The van der Waals surface area contributed by atoms with Gasteiger partial charge >= 0.3 is 17.9 Å². The monoisotopic (exact) mass is 630 g/mol. The number of esters is 3. The summed E-state index contributed by atoms with van der Waals surface area (Å²) >= 11 is 0. The highest BCUT2D eigenvalue weighted by atomic mass is 16.6. The summed E-state index contributed by atoms with van der Waals surface area (Å²) in [6.45, 7) is 18.5. The van der Waals surface area contributed by atoms with E-state index in [1.807, 2.05) is 34.6 Å². The second kappa shape index (κ2) is 11.8. The number of carbonyl (C=O) groups excluding carboxylic acids is 4. The van der Waals surface area contributed by atoms with Crippen LogP contribution in [0.1, 0.15) is 105 Å². The maximum Gasteiger partial charge on any atom is 0.308 e. The minimum atomic E-state index is -0.806. The van der Waals surface area contributed by atoms with E-state index in [0.717, 1.165) is 20.0 Å². The number of carbonyl (C=O) groups is 4. The Balaban J connectivity index is 0.00000111. The van der Waals surface area contributed by atoms with Crippen molar-refractivity contribution in [1.82, 2.24) is 0 Å². The van der Waals surface area contributed by atoms with Crippen molar-refractivity contribution in [2.45, 2.75) is 107 Å². The molecule has 2 bridgehead atoms. The van der Waals surface area contributed by atoms with Gasteiger partial charge in [-0.3, -0.25) is 19.2 Å². The van der Waals surface area contributed by atoms with E-state index in [9.17, 15) is 19.2 Å². The molecule has 4 aliphatic carbocycles. The van der Waals surface area contributed by atoms with E-state index in [-0.39, 0.29) is 71.5 Å². The summed E-state index contributed by atoms with van der Waals surface area (Å²) in [5, 5.41) is 7.00. The lowest BCUT2D eigenvalue weighted by molar-refractivity contribution is -0.321. The molecule has 2 heterocycles. The van der Waals surface area contributed by atoms with Crippen LogP contribution in [0.2, 0.25) is 0 Å². The standard InChI is InChI=1S/C33H44O8.C2H6.CH4O/c1-17(2)26(37)41-27-30(4)15-22-31(5,21(30)13-23(34)38-8)19-9-11-29(3,25(36)18-10-12-39-16-18)20-14-24(35)40-28(32(19,20)6)33(22,27)7;2*1-2/h10,12,16-17,19-22,27-28H,9,11,13-15H2,1-8H3;1-2H3;2H,1H3/t19?,20?,21-,22?,27?,28-,29+,30+,31+,32-,33+;;/m0../s1. The van der Waals surface area contributed by atoms with Crippen LogP contribution in [0.3, 0.4) is 0 Å². The van der Waals surface area contributed by atoms with Crippen molar-refractivity contribution < 1.29 is 42.9 Å². The van der Waals surface area contributed by atoms with Crippen molar-refractivity contribution in [3.05, 3.63) is 24.2 Å². The number of hydrogen-bond acceptors (Lipinski definition) is 9. The molecular weight excluding hydrogens is 576 g/mol. The molecule has 0 radical (unpaired) electrons. The lowest BCUT2D eigenvalue weighted by Crippen LogP contribution is -2.77. The van der Waals surface area contributed by atoms with E-state index in [1.54, 1.807) is 6.07 Å². The van der Waals surface area contributed by atoms with Gasteiger partial charge in [0.1, 0.15) is 18.5 Å². The smallest absolute Gasteiger partial charge is 0.308 e. The molecule has 1 aromatic heterocycles. The number of rotatable bonds is 6. The predicted molar refractivity (Wildman–Crippen MR) is 167 cm³/mol. The van der Waals surface area contributed by atoms with Gasteiger partial charge in [-0.1, -0.05) is 62.3 Å². The first-order chi connectivity index (χ1) is 21.1. The van der Waals surface area contributed by atoms with Crippen molar-refractivity contribution in [2.24, 2.45) is 56.7 Å². The lowest BCUT2D eigenvalue weighted by Gasteiger charge is -2.74. The van der Waals surface area contributed by atoms with E-state index in [1.165, 1.54) is 19.6 Å². The number of ketones is 1. The van der Waals surface area contributed by atoms with Gasteiger partial charge in [0.05, 0.1) is 24.9 Å². The molecule has 4 unspecified atom stereocenters. The van der Waals surface area contributed by atoms with Gasteiger partial charge in [-0.05, 0) is 54.4 Å². The second-order valence-corrected chi connectivity index (χ2v) is 15.1. The Hall–Kier alpha value is -2.68. The number of ether oxygens (including phenoxy) is 3. The normalized spacial score (nSPS) is 43.5. The average Bonchev–Trinajstić information content (AvgIpc) is 3.69. The van der Waals surface area contributed by atoms with Gasteiger partial charge in [-0.15, -0.1) is 0 Å². The Morgan fingerprint density at radius 3 is 2.20 bits per heavy atom. The van der Waals surface area contributed by atoms with Crippen molar-refractivity contribution in [1.29, 1.82) is 0 Å². The molecule has 0 aromatic carbocycles. The molecule has 252 valence electrons. The summed E-state index contributed by atoms with van der Waals surface area (Å²) in [6, 6.07) is 1.70. The van der Waals surface area contributed by atoms with E-state index in [0.29, 0.717) is 12.0 Å². The maximum absolute atomic E-state index is 14.1. The fraction of sp³-hybridized carbons (Fsp3) is 0.778. The lowest BCUT2D eigenvalue weighted by atomic mass is 9.31. The Bertz CT molecular complexity index is 1300. The summed E-state index contributed by atoms with van der Waals surface area (Å²) < 4.78 is 23.4. The molecule has 5 aliphatic rings. The molecule has 4 saturated carbocycles. The van der Waals surface area contributed by atoms with Crippen LogP contribution in [0.15, 0.2) is 23.0 Å². The molecule has 1 saturated heterocycles. The summed E-state index contributed by atoms with van der Waals surface area (Å²) in [5.41, 5.74) is -2.37. The predicted octanol–water partition coefficient (Wildman–Crippen LogP) is 6.26. The molecule has 1 N–H and O–H groups in total. The highest BCUT2D eigenvalue weighted by Gasteiger charge is 2.86. The largest absolute Gasteiger partial charge is 0.472 e. The van der Waals surface area contributed by atoms with Crippen LogP contribution in [0.4, 0.5) is 0 Å². The number of furan rings is 1. The van der Waals surface area contributed by atoms with Crippen LogP contribution < -0.4 is 0 Å². The third-order valence-corrected chi connectivity index (χ3v) is 13.2. The van der Waals surface area contributed by atoms with E-state index in [4.69, 9.17) is 23.7 Å². The average molecular weight is 631 g/mol. The third-order valence-electron chi connectivity index (χ3n) is 13.2. The number of fused-ring (bicyclic) bond motifs is 3. The fourth-order valence-corrected chi connectivity index (χ4v) is 11.8. The molecule has 1 aromatic rings. The Labute approximate surface area is 268 Å². The minimum absolute atomic E-state index is 0.0134. The zero-order valence-corrected chi connectivity index (χ0v) is 29.0. The van der Waals surface area contributed by atoms with Crippen LogP contribution in [-0.4, -0.2) is 55.2 Å². The minimum Gasteiger partial charge on any atom is -0.472 e. The topological polar surface area (TPSA) is 129 Å². The Morgan fingerprint density at radius 2 is 1.64 bits per heavy atom. The highest BCUT2D eigenvalue weighted by Crippen LogP contribution is 2.85. The van der Waals surface area contributed by atoms with Crippen LogP contribution >= 0.6 is 0 Å². The molecule has 0 spiro atoms. The summed E-state index contributed by atoms with van der Waals surface area (Å²) in [4.78, 5) is 53.8. The molecule has 11 atom stereocenters. The van der Waals surface area contributed by atoms with Gasteiger partial charge in [0, 0.05) is 41.6 Å². The number of methoxy groups -OCH3 is 1. The molecular formula is C36H54O9. The SMILES string of the molecule is CC.CO.COC(=O)C[C@@H]1[C@@]2(C)C3CC[C@@](C)(C(=O)c4ccoc4)C4CC(=O)O[C@@H]([C@@]34C)[C@]3(C)C2C[C@@]1(C)C3OC(=O)C(C)C. The van der Waals surface area contributed by atoms with Gasteiger partial charge in [-0.25, -0.2) is 0 Å². The zero-order chi connectivity index (χ0) is 33.9. The molecule has 9 nitrogen and oxygen atoms in total. The van der Waals surface area contributed by atoms with E-state index < -0.39 is 33.9 Å². The molecule has 45 heavy (non-hydrogen) atoms. The molecule has 0 amide bonds. The Kier molecular flexibility index (Phi) is 9.26. The molecule has 9 heteroatoms. The van der Waals surface area contributed by atoms with Crippen molar-refractivity contribution in [3.8, 4) is 0 Å². The molecule has 1 aliphatic heterocycles. The fourth-order valence-electron chi connectivity index (χ4n) is 11.8. The highest BCUT2D eigenvalue weighted by molar-refractivity contribution is 6.00. The van der Waals surface area contributed by atoms with Crippen LogP contribution in [-0.2, 0) is 28.6 Å². The quantitative estimate of drug-likeness (QED) is 0.220. The maximum atomic E-state index is 14.1. The first kappa shape index (κ1) is 35.2. The van der Waals surface area contributed by atoms with Crippen LogP contribution in [0.25, 0.3) is 0 Å². The number of aliphatic hydroxyl groups excluding tert-OH is 1. The first-order valence-electron chi connectivity index (χ1n) is 16.6. The summed E-state index contributed by atoms with van der Waals surface area (Å²) in [5.74, 6) is -1.44. The summed E-state index contributed by atoms with van der Waals surface area (Å²) in [6.07, 6.45) is 4.47. The van der Waals surface area contributed by atoms with Crippen LogP contribution in [0.5, 0.6) is 0 Å². The van der Waals surface area contributed by atoms with E-state index >= 15 is 0 Å². The first-order valence-corrected chi connectivity index (χ1v) is 16.6. The van der Waals surface area contributed by atoms with E-state index in [2.05, 4.69) is 27.7 Å². The third kappa shape index (κ3) is 4.49. The second-order valence-electron chi connectivity index (χ2n) is 15.1. The number of aliphatic hydroxyl groups is 1. The molecule has 6 rings (SSSR count). The number of hydrogen-bond donors (Lipinski definition) is 1. The van der Waals surface area contributed by atoms with Gasteiger partial charge < -0.3 is 23.7 Å². The van der Waals surface area contributed by atoms with Crippen molar-refractivity contribution in [3.63, 3.8) is 0 Å². The zero-order valence-electron chi connectivity index (χ0n) is 29.0. The van der Waals surface area contributed by atoms with Crippen molar-refractivity contribution in [2.75, 3.05) is 14.2 Å². The van der Waals surface area contributed by atoms with Gasteiger partial charge in [0.15, 0.2) is 5.78 Å². The molecule has 5 fully saturated rings. The van der Waals surface area contributed by atoms with Gasteiger partial charge in [0.25, 0.3) is 0 Å². The van der Waals surface area contributed by atoms with Crippen molar-refractivity contribution >= 4 is 23.7 Å².